The SMILES string of the molecule is C[C@H](c1ccc(S(N)(=O)=O)cc1)N(C)C(=O)Nc1ccccc1. The molecule has 0 fully saturated rings. The number of nitrogens with one attached hydrogen (secondary N) is 1. The van der Waals surface area contributed by atoms with Crippen LogP contribution < -0.4 is 10.5 Å². The third kappa shape index (κ3) is 4.30. The lowest BCUT2D eigenvalue weighted by atomic mass is 10.1. The van der Waals surface area contributed by atoms with E-state index in [1.807, 2.05) is 25.1 Å². The number of rotatable bonds is 4. The van der Waals surface area contributed by atoms with Crippen molar-refractivity contribution in [1.82, 2.24) is 4.90 Å². The van der Waals surface area contributed by atoms with E-state index in [2.05, 4.69) is 5.32 Å². The smallest absolute Gasteiger partial charge is 0.321 e. The van der Waals surface area contributed by atoms with Gasteiger partial charge in [0.1, 0.15) is 0 Å². The van der Waals surface area contributed by atoms with Crippen LogP contribution in [0.5, 0.6) is 0 Å². The molecule has 23 heavy (non-hydrogen) atoms. The van der Waals surface area contributed by atoms with Gasteiger partial charge in [-0.05, 0) is 36.8 Å². The molecule has 0 aliphatic carbocycles. The lowest BCUT2D eigenvalue weighted by Gasteiger charge is -2.25. The molecule has 0 aromatic heterocycles. The van der Waals surface area contributed by atoms with E-state index in [1.54, 1.807) is 36.2 Å². The summed E-state index contributed by atoms with van der Waals surface area (Å²) in [6, 6.07) is 14.8. The molecule has 122 valence electrons. The number of primary sulfonamides is 1. The minimum absolute atomic E-state index is 0.0461. The van der Waals surface area contributed by atoms with Crippen molar-refractivity contribution in [3.05, 3.63) is 60.2 Å². The number of benzene rings is 2. The maximum Gasteiger partial charge on any atom is 0.322 e. The Morgan fingerprint density at radius 1 is 1.09 bits per heavy atom. The minimum atomic E-state index is -3.72. The first-order valence-corrected chi connectivity index (χ1v) is 8.55. The fraction of sp³-hybridized carbons (Fsp3) is 0.188. The fourth-order valence-electron chi connectivity index (χ4n) is 2.07. The molecule has 0 saturated carbocycles. The molecular formula is C16H19N3O3S. The largest absolute Gasteiger partial charge is 0.322 e. The minimum Gasteiger partial charge on any atom is -0.321 e. The highest BCUT2D eigenvalue weighted by molar-refractivity contribution is 7.89. The standard InChI is InChI=1S/C16H19N3O3S/c1-12(13-8-10-15(11-9-13)23(17,21)22)19(2)16(20)18-14-6-4-3-5-7-14/h3-12H,1-2H3,(H,18,20)(H2,17,21,22)/t12-/m1/s1. The quantitative estimate of drug-likeness (QED) is 0.900. The molecule has 0 radical (unpaired) electrons. The number of hydrogen-bond donors (Lipinski definition) is 2. The van der Waals surface area contributed by atoms with Gasteiger partial charge in [-0.1, -0.05) is 30.3 Å². The van der Waals surface area contributed by atoms with Crippen molar-refractivity contribution < 1.29 is 13.2 Å². The molecule has 7 heteroatoms. The van der Waals surface area contributed by atoms with E-state index >= 15 is 0 Å². The topological polar surface area (TPSA) is 92.5 Å². The molecule has 0 bridgehead atoms. The van der Waals surface area contributed by atoms with Gasteiger partial charge in [-0.15, -0.1) is 0 Å². The van der Waals surface area contributed by atoms with Crippen LogP contribution in [0.2, 0.25) is 0 Å². The van der Waals surface area contributed by atoms with Crippen molar-refractivity contribution >= 4 is 21.7 Å². The first-order chi connectivity index (χ1) is 10.8. The Hall–Kier alpha value is -2.38. The van der Waals surface area contributed by atoms with E-state index in [1.165, 1.54) is 12.1 Å². The number of anilines is 1. The number of amides is 2. The van der Waals surface area contributed by atoms with E-state index in [-0.39, 0.29) is 17.0 Å². The maximum atomic E-state index is 12.3. The lowest BCUT2D eigenvalue weighted by Crippen LogP contribution is -2.33. The average Bonchev–Trinajstić information content (AvgIpc) is 2.53. The van der Waals surface area contributed by atoms with Crippen LogP contribution in [0.1, 0.15) is 18.5 Å². The monoisotopic (exact) mass is 333 g/mol. The second-order valence-electron chi connectivity index (χ2n) is 5.20. The maximum absolute atomic E-state index is 12.3. The van der Waals surface area contributed by atoms with Gasteiger partial charge in [-0.25, -0.2) is 18.4 Å². The van der Waals surface area contributed by atoms with E-state index in [4.69, 9.17) is 5.14 Å². The molecule has 0 heterocycles. The Morgan fingerprint density at radius 2 is 1.65 bits per heavy atom. The van der Waals surface area contributed by atoms with Crippen molar-refractivity contribution in [2.75, 3.05) is 12.4 Å². The summed E-state index contributed by atoms with van der Waals surface area (Å²) in [6.45, 7) is 1.86. The Bertz CT molecular complexity index is 774. The van der Waals surface area contributed by atoms with Gasteiger partial charge in [0.25, 0.3) is 0 Å². The zero-order chi connectivity index (χ0) is 17.0. The van der Waals surface area contributed by atoms with Gasteiger partial charge >= 0.3 is 6.03 Å². The summed E-state index contributed by atoms with van der Waals surface area (Å²) in [4.78, 5) is 13.8. The molecule has 1 atom stereocenters. The molecule has 0 saturated heterocycles. The molecule has 2 rings (SSSR count). The predicted molar refractivity (Wildman–Crippen MR) is 89.5 cm³/mol. The molecule has 2 amide bonds. The van der Waals surface area contributed by atoms with Crippen molar-refractivity contribution in [3.63, 3.8) is 0 Å². The van der Waals surface area contributed by atoms with Gasteiger partial charge in [0.05, 0.1) is 10.9 Å². The van der Waals surface area contributed by atoms with Gasteiger partial charge in [-0.3, -0.25) is 0 Å². The molecule has 0 spiro atoms. The summed E-state index contributed by atoms with van der Waals surface area (Å²) >= 11 is 0. The summed E-state index contributed by atoms with van der Waals surface area (Å²) in [5, 5.41) is 7.87. The molecule has 3 N–H and O–H groups in total. The second kappa shape index (κ2) is 6.80. The first kappa shape index (κ1) is 17.0. The summed E-state index contributed by atoms with van der Waals surface area (Å²) in [5.74, 6) is 0. The van der Waals surface area contributed by atoms with Crippen LogP contribution in [-0.2, 0) is 10.0 Å². The van der Waals surface area contributed by atoms with Crippen LogP contribution in [0, 0.1) is 0 Å². The number of para-hydroxylation sites is 1. The molecule has 6 nitrogen and oxygen atoms in total. The van der Waals surface area contributed by atoms with Crippen LogP contribution in [0.3, 0.4) is 0 Å². The first-order valence-electron chi connectivity index (χ1n) is 7.00. The van der Waals surface area contributed by atoms with Gasteiger partial charge in [0.15, 0.2) is 0 Å². The van der Waals surface area contributed by atoms with E-state index in [0.29, 0.717) is 5.69 Å². The number of sulfonamides is 1. The Balaban J connectivity index is 2.09. The molecular weight excluding hydrogens is 314 g/mol. The van der Waals surface area contributed by atoms with Gasteiger partial charge in [-0.2, -0.15) is 0 Å². The predicted octanol–water partition coefficient (Wildman–Crippen LogP) is 2.56. The van der Waals surface area contributed by atoms with E-state index in [9.17, 15) is 13.2 Å². The van der Waals surface area contributed by atoms with Gasteiger partial charge < -0.3 is 10.2 Å². The van der Waals surface area contributed by atoms with Gasteiger partial charge in [0, 0.05) is 12.7 Å². The van der Waals surface area contributed by atoms with Crippen LogP contribution in [0.4, 0.5) is 10.5 Å². The molecule has 0 unspecified atom stereocenters. The Morgan fingerprint density at radius 3 is 2.17 bits per heavy atom. The zero-order valence-corrected chi connectivity index (χ0v) is 13.7. The highest BCUT2D eigenvalue weighted by atomic mass is 32.2. The number of nitrogens with zero attached hydrogens (tertiary/aromatic N) is 1. The second-order valence-corrected chi connectivity index (χ2v) is 6.76. The summed E-state index contributed by atoms with van der Waals surface area (Å²) in [5.41, 5.74) is 1.52. The third-order valence-electron chi connectivity index (χ3n) is 3.62. The molecule has 0 aliphatic rings. The average molecular weight is 333 g/mol. The van der Waals surface area contributed by atoms with Crippen LogP contribution in [-0.4, -0.2) is 26.4 Å². The number of carbonyl (C=O) groups is 1. The van der Waals surface area contributed by atoms with E-state index in [0.717, 1.165) is 5.56 Å². The third-order valence-corrected chi connectivity index (χ3v) is 4.55. The van der Waals surface area contributed by atoms with Gasteiger partial charge in [0.2, 0.25) is 10.0 Å². The number of hydrogen-bond acceptors (Lipinski definition) is 3. The van der Waals surface area contributed by atoms with Crippen molar-refractivity contribution in [2.45, 2.75) is 17.9 Å². The zero-order valence-electron chi connectivity index (χ0n) is 12.9. The Labute approximate surface area is 136 Å². The normalized spacial score (nSPS) is 12.5. The van der Waals surface area contributed by atoms with Crippen LogP contribution in [0.25, 0.3) is 0 Å². The van der Waals surface area contributed by atoms with Crippen molar-refractivity contribution in [3.8, 4) is 0 Å². The Kier molecular flexibility index (Phi) is 5.02. The highest BCUT2D eigenvalue weighted by Crippen LogP contribution is 2.21. The van der Waals surface area contributed by atoms with Crippen molar-refractivity contribution in [1.29, 1.82) is 0 Å². The molecule has 0 aliphatic heterocycles. The summed E-state index contributed by atoms with van der Waals surface area (Å²) in [6.07, 6.45) is 0. The lowest BCUT2D eigenvalue weighted by molar-refractivity contribution is 0.208. The molecule has 2 aromatic rings. The summed E-state index contributed by atoms with van der Waals surface area (Å²) in [7, 11) is -2.04. The number of nitrogens with two attached hydrogens (primary N) is 1. The number of urea groups is 1. The van der Waals surface area contributed by atoms with E-state index < -0.39 is 10.0 Å². The van der Waals surface area contributed by atoms with Crippen LogP contribution >= 0.6 is 0 Å². The van der Waals surface area contributed by atoms with Crippen LogP contribution in [0.15, 0.2) is 59.5 Å². The fourth-order valence-corrected chi connectivity index (χ4v) is 2.58. The number of carbonyl (C=O) groups excluding carboxylic acids is 1. The summed E-state index contributed by atoms with van der Waals surface area (Å²) < 4.78 is 22.5. The highest BCUT2D eigenvalue weighted by Gasteiger charge is 2.18. The van der Waals surface area contributed by atoms with Crippen molar-refractivity contribution in [2.24, 2.45) is 5.14 Å². The molecule has 2 aromatic carbocycles.